The van der Waals surface area contributed by atoms with Gasteiger partial charge in [-0.15, -0.1) is 0 Å². The van der Waals surface area contributed by atoms with Crippen LogP contribution >= 0.6 is 0 Å². The lowest BCUT2D eigenvalue weighted by Gasteiger charge is -2.36. The predicted molar refractivity (Wildman–Crippen MR) is 118 cm³/mol. The number of aromatic nitrogens is 2. The lowest BCUT2D eigenvalue weighted by molar-refractivity contribution is 0.249. The number of fused-ring (bicyclic) bond motifs is 3. The number of hydrogen-bond acceptors (Lipinski definition) is 5. The second-order valence-electron chi connectivity index (χ2n) is 7.86. The minimum Gasteiger partial charge on any atom is -0.508 e. The van der Waals surface area contributed by atoms with Gasteiger partial charge in [-0.05, 0) is 48.4 Å². The number of benzene rings is 2. The van der Waals surface area contributed by atoms with E-state index in [0.717, 1.165) is 66.3 Å². The van der Waals surface area contributed by atoms with E-state index in [4.69, 9.17) is 4.98 Å². The van der Waals surface area contributed by atoms with Crippen molar-refractivity contribution in [1.29, 1.82) is 5.26 Å². The van der Waals surface area contributed by atoms with Crippen LogP contribution in [0.15, 0.2) is 54.6 Å². The second-order valence-corrected chi connectivity index (χ2v) is 7.86. The summed E-state index contributed by atoms with van der Waals surface area (Å²) in [5, 5.41) is 19.4. The second kappa shape index (κ2) is 7.36. The van der Waals surface area contributed by atoms with Crippen molar-refractivity contribution in [3.8, 4) is 11.8 Å². The van der Waals surface area contributed by atoms with E-state index in [0.29, 0.717) is 11.3 Å². The molecule has 1 aliphatic heterocycles. The molecule has 6 nitrogen and oxygen atoms in total. The highest BCUT2D eigenvalue weighted by Crippen LogP contribution is 2.29. The molecule has 0 saturated carbocycles. The van der Waals surface area contributed by atoms with Crippen LogP contribution in [0.25, 0.3) is 16.7 Å². The van der Waals surface area contributed by atoms with Gasteiger partial charge >= 0.3 is 0 Å². The largest absolute Gasteiger partial charge is 0.508 e. The van der Waals surface area contributed by atoms with Crippen molar-refractivity contribution < 1.29 is 5.11 Å². The van der Waals surface area contributed by atoms with E-state index >= 15 is 0 Å². The van der Waals surface area contributed by atoms with Crippen molar-refractivity contribution in [2.24, 2.45) is 0 Å². The highest BCUT2D eigenvalue weighted by Gasteiger charge is 2.22. The van der Waals surface area contributed by atoms with Gasteiger partial charge in [-0.2, -0.15) is 5.26 Å². The Hall–Kier alpha value is -3.56. The number of piperazine rings is 1. The van der Waals surface area contributed by atoms with Crippen LogP contribution in [-0.4, -0.2) is 45.6 Å². The van der Waals surface area contributed by atoms with Crippen molar-refractivity contribution in [2.45, 2.75) is 13.5 Å². The number of pyridine rings is 1. The molecule has 0 amide bonds. The fraction of sp³-hybridized carbons (Fsp3) is 0.250. The van der Waals surface area contributed by atoms with Crippen LogP contribution in [0.3, 0.4) is 0 Å². The number of nitrogens with zero attached hydrogens (tertiary/aromatic N) is 5. The monoisotopic (exact) mass is 397 g/mol. The summed E-state index contributed by atoms with van der Waals surface area (Å²) in [6.45, 7) is 6.47. The van der Waals surface area contributed by atoms with E-state index < -0.39 is 0 Å². The Morgan fingerprint density at radius 2 is 1.83 bits per heavy atom. The Balaban J connectivity index is 1.46. The quantitative estimate of drug-likeness (QED) is 0.571. The average molecular weight is 397 g/mol. The van der Waals surface area contributed by atoms with Crippen LogP contribution in [0.5, 0.6) is 5.75 Å². The van der Waals surface area contributed by atoms with Gasteiger partial charge in [0.1, 0.15) is 17.6 Å². The molecule has 0 unspecified atom stereocenters. The van der Waals surface area contributed by atoms with Crippen molar-refractivity contribution in [2.75, 3.05) is 31.1 Å². The van der Waals surface area contributed by atoms with Crippen LogP contribution in [-0.2, 0) is 6.54 Å². The minimum absolute atomic E-state index is 0.313. The number of phenols is 1. The zero-order valence-electron chi connectivity index (χ0n) is 16.9. The molecule has 2 aromatic carbocycles. The summed E-state index contributed by atoms with van der Waals surface area (Å²) >= 11 is 0. The molecule has 1 saturated heterocycles. The van der Waals surface area contributed by atoms with Gasteiger partial charge in [0.05, 0.1) is 16.6 Å². The molecule has 0 spiro atoms. The van der Waals surface area contributed by atoms with Gasteiger partial charge in [0, 0.05) is 32.7 Å². The van der Waals surface area contributed by atoms with Crippen LogP contribution < -0.4 is 4.90 Å². The summed E-state index contributed by atoms with van der Waals surface area (Å²) in [7, 11) is 0. The molecule has 1 N–H and O–H groups in total. The highest BCUT2D eigenvalue weighted by atomic mass is 16.3. The third kappa shape index (κ3) is 3.14. The first kappa shape index (κ1) is 18.5. The molecule has 4 aromatic rings. The summed E-state index contributed by atoms with van der Waals surface area (Å²) < 4.78 is 2.13. The molecule has 0 radical (unpaired) electrons. The van der Waals surface area contributed by atoms with E-state index in [1.807, 2.05) is 37.3 Å². The van der Waals surface area contributed by atoms with E-state index in [1.54, 1.807) is 6.07 Å². The number of aromatic hydroxyl groups is 1. The maximum absolute atomic E-state index is 9.71. The van der Waals surface area contributed by atoms with Gasteiger partial charge in [0.15, 0.2) is 5.65 Å². The van der Waals surface area contributed by atoms with Crippen LogP contribution in [0, 0.1) is 18.3 Å². The molecule has 150 valence electrons. The number of anilines is 1. The number of hydrogen-bond donors (Lipinski definition) is 1. The normalized spacial score (nSPS) is 15.0. The van der Waals surface area contributed by atoms with Crippen molar-refractivity contribution in [1.82, 2.24) is 14.3 Å². The fourth-order valence-corrected chi connectivity index (χ4v) is 4.35. The van der Waals surface area contributed by atoms with Crippen LogP contribution in [0.2, 0.25) is 0 Å². The number of aryl methyl sites for hydroxylation is 1. The Morgan fingerprint density at radius 1 is 1.03 bits per heavy atom. The Bertz CT molecular complexity index is 1280. The highest BCUT2D eigenvalue weighted by molar-refractivity contribution is 5.85. The smallest absolute Gasteiger partial charge is 0.157 e. The molecule has 2 aromatic heterocycles. The molecule has 3 heterocycles. The molecule has 30 heavy (non-hydrogen) atoms. The SMILES string of the molecule is Cc1cc(N2CCN(Cc3cccc(O)c3)CC2)n2c(nc3ccccc32)c1C#N. The van der Waals surface area contributed by atoms with Crippen LogP contribution in [0.4, 0.5) is 5.82 Å². The topological polar surface area (TPSA) is 67.8 Å². The lowest BCUT2D eigenvalue weighted by Crippen LogP contribution is -2.46. The third-order valence-electron chi connectivity index (χ3n) is 5.88. The molecule has 1 fully saturated rings. The molecule has 1 aliphatic rings. The summed E-state index contributed by atoms with van der Waals surface area (Å²) in [5.41, 5.74) is 5.39. The molecular weight excluding hydrogens is 374 g/mol. The Kier molecular flexibility index (Phi) is 4.53. The molecule has 0 aliphatic carbocycles. The van der Waals surface area contributed by atoms with E-state index in [1.165, 1.54) is 0 Å². The first-order chi connectivity index (χ1) is 14.6. The molecule has 0 bridgehead atoms. The van der Waals surface area contributed by atoms with E-state index in [2.05, 4.69) is 38.5 Å². The molecule has 0 atom stereocenters. The van der Waals surface area contributed by atoms with Gasteiger partial charge in [-0.3, -0.25) is 9.30 Å². The minimum atomic E-state index is 0.313. The number of rotatable bonds is 3. The zero-order chi connectivity index (χ0) is 20.7. The Morgan fingerprint density at radius 3 is 2.60 bits per heavy atom. The lowest BCUT2D eigenvalue weighted by atomic mass is 10.1. The predicted octanol–water partition coefficient (Wildman–Crippen LogP) is 3.70. The maximum atomic E-state index is 9.71. The van der Waals surface area contributed by atoms with Crippen LogP contribution in [0.1, 0.15) is 16.7 Å². The van der Waals surface area contributed by atoms with Crippen molar-refractivity contribution in [3.05, 3.63) is 71.3 Å². The van der Waals surface area contributed by atoms with E-state index in [9.17, 15) is 10.4 Å². The van der Waals surface area contributed by atoms with Gasteiger partial charge in [0.25, 0.3) is 0 Å². The first-order valence-electron chi connectivity index (χ1n) is 10.2. The standard InChI is InChI=1S/C24H23N5O/c1-17-13-23(29-22-8-3-2-7-21(22)26-24(29)20(17)15-25)28-11-9-27(10-12-28)16-18-5-4-6-19(30)14-18/h2-8,13-14,30H,9-12,16H2,1H3. The number of phenolic OH excluding ortho intramolecular Hbond substituents is 1. The zero-order valence-corrected chi connectivity index (χ0v) is 16.9. The molecule has 5 rings (SSSR count). The molecule has 6 heteroatoms. The number of nitriles is 1. The third-order valence-corrected chi connectivity index (χ3v) is 5.88. The Labute approximate surface area is 175 Å². The van der Waals surface area contributed by atoms with Gasteiger partial charge in [0.2, 0.25) is 0 Å². The van der Waals surface area contributed by atoms with Gasteiger partial charge < -0.3 is 10.0 Å². The van der Waals surface area contributed by atoms with E-state index in [-0.39, 0.29) is 0 Å². The summed E-state index contributed by atoms with van der Waals surface area (Å²) in [6, 6.07) is 20.0. The van der Waals surface area contributed by atoms with Crippen molar-refractivity contribution in [3.63, 3.8) is 0 Å². The summed E-state index contributed by atoms with van der Waals surface area (Å²) in [6.07, 6.45) is 0. The molecular formula is C24H23N5O. The first-order valence-corrected chi connectivity index (χ1v) is 10.2. The summed E-state index contributed by atoms with van der Waals surface area (Å²) in [4.78, 5) is 9.55. The average Bonchev–Trinajstić information content (AvgIpc) is 3.13. The van der Waals surface area contributed by atoms with Gasteiger partial charge in [-0.25, -0.2) is 4.98 Å². The van der Waals surface area contributed by atoms with Gasteiger partial charge in [-0.1, -0.05) is 24.3 Å². The summed E-state index contributed by atoms with van der Waals surface area (Å²) in [5.74, 6) is 1.40. The number of imidazole rings is 1. The maximum Gasteiger partial charge on any atom is 0.157 e. The fourth-order valence-electron chi connectivity index (χ4n) is 4.35. The number of para-hydroxylation sites is 2. The van der Waals surface area contributed by atoms with Crippen molar-refractivity contribution >= 4 is 22.5 Å².